The van der Waals surface area contributed by atoms with Crippen molar-refractivity contribution < 1.29 is 19.4 Å². The van der Waals surface area contributed by atoms with Crippen LogP contribution in [-0.2, 0) is 0 Å². The molecule has 2 rings (SSSR count). The van der Waals surface area contributed by atoms with Crippen molar-refractivity contribution in [2.75, 3.05) is 18.9 Å². The van der Waals surface area contributed by atoms with Gasteiger partial charge in [-0.05, 0) is 6.07 Å². The highest BCUT2D eigenvalue weighted by atomic mass is 35.5. The molecule has 6 heteroatoms. The van der Waals surface area contributed by atoms with Crippen LogP contribution in [0.3, 0.4) is 0 Å². The van der Waals surface area contributed by atoms with Crippen molar-refractivity contribution in [1.82, 2.24) is 0 Å². The molecule has 1 aromatic rings. The van der Waals surface area contributed by atoms with Gasteiger partial charge in [0.2, 0.25) is 0 Å². The van der Waals surface area contributed by atoms with E-state index in [0.717, 1.165) is 0 Å². The Morgan fingerprint density at radius 2 is 2.00 bits per heavy atom. The predicted octanol–water partition coefficient (Wildman–Crippen LogP) is 1.39. The number of benzene rings is 1. The Morgan fingerprint density at radius 3 is 2.60 bits per heavy atom. The van der Waals surface area contributed by atoms with Crippen LogP contribution >= 0.6 is 11.6 Å². The van der Waals surface area contributed by atoms with Crippen molar-refractivity contribution in [3.63, 3.8) is 0 Å². The SMILES string of the molecule is Nc1c(Cl)cc(C(=O)O)c2c1OCCO2. The van der Waals surface area contributed by atoms with E-state index >= 15 is 0 Å². The van der Waals surface area contributed by atoms with Crippen LogP contribution in [0.25, 0.3) is 0 Å². The third kappa shape index (κ3) is 1.55. The predicted molar refractivity (Wildman–Crippen MR) is 53.8 cm³/mol. The average molecular weight is 230 g/mol. The molecule has 0 bridgehead atoms. The van der Waals surface area contributed by atoms with Crippen LogP contribution in [0.4, 0.5) is 5.69 Å². The summed E-state index contributed by atoms with van der Waals surface area (Å²) in [6.45, 7) is 0.630. The van der Waals surface area contributed by atoms with E-state index < -0.39 is 5.97 Å². The van der Waals surface area contributed by atoms with Gasteiger partial charge in [-0.3, -0.25) is 0 Å². The third-order valence-electron chi connectivity index (χ3n) is 2.03. The first kappa shape index (κ1) is 9.92. The van der Waals surface area contributed by atoms with Crippen LogP contribution in [0.1, 0.15) is 10.4 Å². The third-order valence-corrected chi connectivity index (χ3v) is 2.34. The number of hydrogen-bond donors (Lipinski definition) is 2. The first-order valence-corrected chi connectivity index (χ1v) is 4.60. The molecule has 3 N–H and O–H groups in total. The lowest BCUT2D eigenvalue weighted by Gasteiger charge is -2.21. The summed E-state index contributed by atoms with van der Waals surface area (Å²) in [5.41, 5.74) is 5.81. The molecule has 0 atom stereocenters. The standard InChI is InChI=1S/C9H8ClNO4/c10-5-3-4(9(12)13)7-8(6(5)11)15-2-1-14-7/h3H,1-2,11H2,(H,12,13). The number of aromatic carboxylic acids is 1. The summed E-state index contributed by atoms with van der Waals surface area (Å²) in [6, 6.07) is 1.26. The quantitative estimate of drug-likeness (QED) is 0.712. The van der Waals surface area contributed by atoms with E-state index in [9.17, 15) is 4.79 Å². The van der Waals surface area contributed by atoms with Crippen LogP contribution in [-0.4, -0.2) is 24.3 Å². The summed E-state index contributed by atoms with van der Waals surface area (Å²) in [7, 11) is 0. The highest BCUT2D eigenvalue weighted by Crippen LogP contribution is 2.43. The molecule has 5 nitrogen and oxygen atoms in total. The van der Waals surface area contributed by atoms with Gasteiger partial charge in [0.05, 0.1) is 10.7 Å². The lowest BCUT2D eigenvalue weighted by atomic mass is 10.1. The summed E-state index contributed by atoms with van der Waals surface area (Å²) in [4.78, 5) is 10.9. The normalized spacial score (nSPS) is 13.7. The van der Waals surface area contributed by atoms with Gasteiger partial charge < -0.3 is 20.3 Å². The highest BCUT2D eigenvalue weighted by molar-refractivity contribution is 6.34. The van der Waals surface area contributed by atoms with E-state index in [2.05, 4.69) is 0 Å². The van der Waals surface area contributed by atoms with E-state index in [0.29, 0.717) is 13.2 Å². The van der Waals surface area contributed by atoms with E-state index in [4.69, 9.17) is 31.9 Å². The molecule has 0 aromatic heterocycles. The number of hydrogen-bond acceptors (Lipinski definition) is 4. The first-order valence-electron chi connectivity index (χ1n) is 4.22. The molecule has 0 saturated carbocycles. The molecule has 0 spiro atoms. The van der Waals surface area contributed by atoms with E-state index in [1.807, 2.05) is 0 Å². The second-order valence-electron chi connectivity index (χ2n) is 2.98. The van der Waals surface area contributed by atoms with Crippen molar-refractivity contribution in [2.45, 2.75) is 0 Å². The minimum absolute atomic E-state index is 0.0381. The van der Waals surface area contributed by atoms with Crippen molar-refractivity contribution in [3.05, 3.63) is 16.7 Å². The van der Waals surface area contributed by atoms with Gasteiger partial charge in [-0.15, -0.1) is 0 Å². The van der Waals surface area contributed by atoms with E-state index in [1.54, 1.807) is 0 Å². The molecule has 15 heavy (non-hydrogen) atoms. The number of anilines is 1. The minimum atomic E-state index is -1.13. The zero-order chi connectivity index (χ0) is 11.0. The fourth-order valence-corrected chi connectivity index (χ4v) is 1.55. The molecule has 0 fully saturated rings. The number of nitrogens with two attached hydrogens (primary N) is 1. The largest absolute Gasteiger partial charge is 0.485 e. The molecule has 0 saturated heterocycles. The fraction of sp³-hybridized carbons (Fsp3) is 0.222. The lowest BCUT2D eigenvalue weighted by molar-refractivity contribution is 0.0686. The Morgan fingerprint density at radius 1 is 1.40 bits per heavy atom. The Bertz CT molecular complexity index is 433. The van der Waals surface area contributed by atoms with Crippen molar-refractivity contribution in [1.29, 1.82) is 0 Å². The van der Waals surface area contributed by atoms with Gasteiger partial charge in [0.1, 0.15) is 18.8 Å². The molecule has 80 valence electrons. The van der Waals surface area contributed by atoms with Gasteiger partial charge in [-0.2, -0.15) is 0 Å². The van der Waals surface area contributed by atoms with Crippen LogP contribution in [0.5, 0.6) is 11.5 Å². The highest BCUT2D eigenvalue weighted by Gasteiger charge is 2.24. The van der Waals surface area contributed by atoms with Crippen LogP contribution in [0.2, 0.25) is 5.02 Å². The molecule has 1 aliphatic heterocycles. The maximum absolute atomic E-state index is 10.9. The molecule has 0 unspecified atom stereocenters. The molecule has 0 amide bonds. The Labute approximate surface area is 90.3 Å². The monoisotopic (exact) mass is 229 g/mol. The van der Waals surface area contributed by atoms with Crippen LogP contribution in [0.15, 0.2) is 6.07 Å². The van der Waals surface area contributed by atoms with Gasteiger partial charge in [0.15, 0.2) is 11.5 Å². The summed E-state index contributed by atoms with van der Waals surface area (Å²) in [5, 5.41) is 9.07. The lowest BCUT2D eigenvalue weighted by Crippen LogP contribution is -2.19. The second kappa shape index (κ2) is 3.51. The number of fused-ring (bicyclic) bond motifs is 1. The topological polar surface area (TPSA) is 81.8 Å². The molecule has 0 radical (unpaired) electrons. The smallest absolute Gasteiger partial charge is 0.339 e. The Balaban J connectivity index is 2.67. The number of rotatable bonds is 1. The molecule has 1 aromatic carbocycles. The zero-order valence-corrected chi connectivity index (χ0v) is 8.37. The van der Waals surface area contributed by atoms with Gasteiger partial charge in [0.25, 0.3) is 0 Å². The summed E-state index contributed by atoms with van der Waals surface area (Å²) in [5.74, 6) is -0.763. The Hall–Kier alpha value is -1.62. The number of carbonyl (C=O) groups is 1. The molecular weight excluding hydrogens is 222 g/mol. The number of ether oxygens (including phenoxy) is 2. The molecule has 1 aliphatic rings. The van der Waals surface area contributed by atoms with Crippen LogP contribution in [0, 0.1) is 0 Å². The number of carboxylic acid groups (broad SMARTS) is 1. The van der Waals surface area contributed by atoms with Crippen molar-refractivity contribution in [2.24, 2.45) is 0 Å². The van der Waals surface area contributed by atoms with Crippen molar-refractivity contribution in [3.8, 4) is 11.5 Å². The average Bonchev–Trinajstić information content (AvgIpc) is 2.23. The maximum atomic E-state index is 10.9. The number of halogens is 1. The van der Waals surface area contributed by atoms with Gasteiger partial charge >= 0.3 is 5.97 Å². The second-order valence-corrected chi connectivity index (χ2v) is 3.39. The number of nitrogen functional groups attached to an aromatic ring is 1. The van der Waals surface area contributed by atoms with E-state index in [-0.39, 0.29) is 27.8 Å². The summed E-state index contributed by atoms with van der Waals surface area (Å²) in [6.07, 6.45) is 0. The van der Waals surface area contributed by atoms with Crippen LogP contribution < -0.4 is 15.2 Å². The minimum Gasteiger partial charge on any atom is -0.485 e. The zero-order valence-electron chi connectivity index (χ0n) is 7.62. The summed E-state index contributed by atoms with van der Waals surface area (Å²) >= 11 is 5.77. The van der Waals surface area contributed by atoms with Gasteiger partial charge in [0, 0.05) is 0 Å². The molecular formula is C9H8ClNO4. The number of carboxylic acids is 1. The Kier molecular flexibility index (Phi) is 2.32. The first-order chi connectivity index (χ1) is 7.11. The maximum Gasteiger partial charge on any atom is 0.339 e. The van der Waals surface area contributed by atoms with E-state index in [1.165, 1.54) is 6.07 Å². The van der Waals surface area contributed by atoms with Crippen molar-refractivity contribution >= 4 is 23.3 Å². The van der Waals surface area contributed by atoms with Gasteiger partial charge in [-0.1, -0.05) is 11.6 Å². The van der Waals surface area contributed by atoms with Gasteiger partial charge in [-0.25, -0.2) is 4.79 Å². The fourth-order valence-electron chi connectivity index (χ4n) is 1.36. The molecule has 0 aliphatic carbocycles. The molecule has 1 heterocycles. The summed E-state index contributed by atoms with van der Waals surface area (Å²) < 4.78 is 10.4.